The second kappa shape index (κ2) is 5.88. The second-order valence-corrected chi connectivity index (χ2v) is 8.70. The van der Waals surface area contributed by atoms with Gasteiger partial charge in [0.15, 0.2) is 0 Å². The van der Waals surface area contributed by atoms with E-state index in [1.807, 2.05) is 21.7 Å². The number of aromatic nitrogens is 1. The van der Waals surface area contributed by atoms with Crippen LogP contribution in [0.25, 0.3) is 9.88 Å². The summed E-state index contributed by atoms with van der Waals surface area (Å²) in [6.07, 6.45) is 0.952. The predicted octanol–water partition coefficient (Wildman–Crippen LogP) is 4.89. The van der Waals surface area contributed by atoms with E-state index in [2.05, 4.69) is 32.4 Å². The zero-order chi connectivity index (χ0) is 15.1. The minimum Gasteiger partial charge on any atom is -0.333 e. The molecule has 0 atom stereocenters. The van der Waals surface area contributed by atoms with E-state index in [1.165, 1.54) is 21.8 Å². The van der Waals surface area contributed by atoms with Crippen molar-refractivity contribution >= 4 is 55.8 Å². The number of amides is 1. The summed E-state index contributed by atoms with van der Waals surface area (Å²) in [7, 11) is 0. The van der Waals surface area contributed by atoms with E-state index in [0.717, 1.165) is 27.3 Å². The molecule has 3 aromatic rings. The summed E-state index contributed by atoms with van der Waals surface area (Å²) >= 11 is 8.40. The Kier molecular flexibility index (Phi) is 3.89. The zero-order valence-electron chi connectivity index (χ0n) is 11.4. The number of carbonyl (C=O) groups excluding carboxylic acids is 1. The number of thiophene rings is 2. The van der Waals surface area contributed by atoms with Crippen molar-refractivity contribution in [2.75, 3.05) is 6.54 Å². The van der Waals surface area contributed by atoms with E-state index in [1.54, 1.807) is 22.7 Å². The third-order valence-electron chi connectivity index (χ3n) is 3.60. The Morgan fingerprint density at radius 3 is 3.00 bits per heavy atom. The smallest absolute Gasteiger partial charge is 0.273 e. The van der Waals surface area contributed by atoms with Crippen LogP contribution in [0.1, 0.15) is 20.9 Å². The first-order chi connectivity index (χ1) is 10.7. The minimum atomic E-state index is 0.0370. The lowest BCUT2D eigenvalue weighted by molar-refractivity contribution is 0.0731. The molecule has 0 fully saturated rings. The van der Waals surface area contributed by atoms with Crippen molar-refractivity contribution < 1.29 is 4.79 Å². The molecule has 0 N–H and O–H groups in total. The van der Waals surface area contributed by atoms with Crippen LogP contribution >= 0.6 is 49.9 Å². The molecule has 0 aliphatic carbocycles. The second-order valence-electron chi connectivity index (χ2n) is 5.01. The number of thiazole rings is 1. The quantitative estimate of drug-likeness (QED) is 0.601. The molecule has 0 saturated carbocycles. The fraction of sp³-hybridized carbons (Fsp3) is 0.200. The Labute approximate surface area is 148 Å². The molecule has 0 spiro atoms. The predicted molar refractivity (Wildman–Crippen MR) is 95.9 cm³/mol. The van der Waals surface area contributed by atoms with Gasteiger partial charge in [-0.05, 0) is 45.4 Å². The Morgan fingerprint density at radius 1 is 1.27 bits per heavy atom. The van der Waals surface area contributed by atoms with Crippen molar-refractivity contribution in [3.8, 4) is 9.88 Å². The summed E-state index contributed by atoms with van der Waals surface area (Å²) in [6, 6.07) is 4.16. The van der Waals surface area contributed by atoms with Crippen molar-refractivity contribution in [3.63, 3.8) is 0 Å². The van der Waals surface area contributed by atoms with Crippen LogP contribution < -0.4 is 0 Å². The fourth-order valence-electron chi connectivity index (χ4n) is 2.49. The zero-order valence-corrected chi connectivity index (χ0v) is 15.4. The van der Waals surface area contributed by atoms with Crippen LogP contribution in [0.3, 0.4) is 0 Å². The molecule has 7 heteroatoms. The molecular formula is C15H11BrN2OS3. The number of hydrogen-bond acceptors (Lipinski definition) is 5. The molecule has 0 radical (unpaired) electrons. The van der Waals surface area contributed by atoms with Crippen molar-refractivity contribution in [3.05, 3.63) is 48.9 Å². The SMILES string of the molecule is O=C(c1csc(-c2cc(Br)cs2)n1)N1CCc2sccc2C1. The van der Waals surface area contributed by atoms with Crippen LogP contribution in [0.15, 0.2) is 32.7 Å². The van der Waals surface area contributed by atoms with Gasteiger partial charge in [0, 0.05) is 33.2 Å². The van der Waals surface area contributed by atoms with Gasteiger partial charge >= 0.3 is 0 Å². The van der Waals surface area contributed by atoms with Gasteiger partial charge in [0.2, 0.25) is 0 Å². The third kappa shape index (κ3) is 2.67. The highest BCUT2D eigenvalue weighted by Gasteiger charge is 2.24. The molecule has 22 heavy (non-hydrogen) atoms. The molecule has 3 nitrogen and oxygen atoms in total. The maximum absolute atomic E-state index is 12.6. The highest BCUT2D eigenvalue weighted by atomic mass is 79.9. The summed E-state index contributed by atoms with van der Waals surface area (Å²) in [5.74, 6) is 0.0370. The Morgan fingerprint density at radius 2 is 2.18 bits per heavy atom. The van der Waals surface area contributed by atoms with Crippen LogP contribution in [0.4, 0.5) is 0 Å². The molecule has 0 saturated heterocycles. The van der Waals surface area contributed by atoms with Crippen molar-refractivity contribution in [2.24, 2.45) is 0 Å². The van der Waals surface area contributed by atoms with Crippen LogP contribution in [-0.4, -0.2) is 22.3 Å². The third-order valence-corrected chi connectivity index (χ3v) is 7.32. The summed E-state index contributed by atoms with van der Waals surface area (Å²) in [6.45, 7) is 1.48. The minimum absolute atomic E-state index is 0.0370. The van der Waals surface area contributed by atoms with Crippen molar-refractivity contribution in [1.29, 1.82) is 0 Å². The molecule has 0 unspecified atom stereocenters. The number of halogens is 1. The molecule has 1 aliphatic rings. The van der Waals surface area contributed by atoms with Crippen LogP contribution in [0.5, 0.6) is 0 Å². The molecular weight excluding hydrogens is 400 g/mol. The maximum Gasteiger partial charge on any atom is 0.273 e. The fourth-order valence-corrected chi connectivity index (χ4v) is 5.69. The van der Waals surface area contributed by atoms with Crippen LogP contribution in [-0.2, 0) is 13.0 Å². The molecule has 4 heterocycles. The lowest BCUT2D eigenvalue weighted by Gasteiger charge is -2.26. The average Bonchev–Trinajstić information content (AvgIpc) is 3.25. The molecule has 4 rings (SSSR count). The number of nitrogens with zero attached hydrogens (tertiary/aromatic N) is 2. The van der Waals surface area contributed by atoms with Crippen LogP contribution in [0, 0.1) is 0 Å². The molecule has 3 aromatic heterocycles. The lowest BCUT2D eigenvalue weighted by Crippen LogP contribution is -2.35. The number of rotatable bonds is 2. The summed E-state index contributed by atoms with van der Waals surface area (Å²) in [5.41, 5.74) is 1.84. The highest BCUT2D eigenvalue weighted by Crippen LogP contribution is 2.32. The van der Waals surface area contributed by atoms with Gasteiger partial charge in [-0.3, -0.25) is 4.79 Å². The van der Waals surface area contributed by atoms with Gasteiger partial charge in [0.1, 0.15) is 10.7 Å². The largest absolute Gasteiger partial charge is 0.333 e. The molecule has 1 amide bonds. The molecule has 1 aliphatic heterocycles. The number of fused-ring (bicyclic) bond motifs is 1. The molecule has 0 bridgehead atoms. The van der Waals surface area contributed by atoms with Gasteiger partial charge in [0.25, 0.3) is 5.91 Å². The molecule has 112 valence electrons. The van der Waals surface area contributed by atoms with E-state index in [4.69, 9.17) is 0 Å². The summed E-state index contributed by atoms with van der Waals surface area (Å²) in [5, 5.41) is 6.91. The first-order valence-corrected chi connectivity index (χ1v) is 10.2. The van der Waals surface area contributed by atoms with Gasteiger partial charge in [0.05, 0.1) is 4.88 Å². The monoisotopic (exact) mass is 410 g/mol. The van der Waals surface area contributed by atoms with Gasteiger partial charge < -0.3 is 4.90 Å². The average molecular weight is 411 g/mol. The summed E-state index contributed by atoms with van der Waals surface area (Å²) < 4.78 is 1.05. The topological polar surface area (TPSA) is 33.2 Å². The van der Waals surface area contributed by atoms with Crippen molar-refractivity contribution in [2.45, 2.75) is 13.0 Å². The first-order valence-electron chi connectivity index (χ1n) is 6.75. The van der Waals surface area contributed by atoms with Gasteiger partial charge in [-0.2, -0.15) is 0 Å². The summed E-state index contributed by atoms with van der Waals surface area (Å²) in [4.78, 5) is 21.6. The molecule has 0 aromatic carbocycles. The first kappa shape index (κ1) is 14.6. The Balaban J connectivity index is 1.55. The van der Waals surface area contributed by atoms with Crippen LogP contribution in [0.2, 0.25) is 0 Å². The van der Waals surface area contributed by atoms with E-state index >= 15 is 0 Å². The lowest BCUT2D eigenvalue weighted by atomic mass is 10.1. The number of carbonyl (C=O) groups is 1. The van der Waals surface area contributed by atoms with Crippen molar-refractivity contribution in [1.82, 2.24) is 9.88 Å². The van der Waals surface area contributed by atoms with E-state index in [-0.39, 0.29) is 5.91 Å². The maximum atomic E-state index is 12.6. The highest BCUT2D eigenvalue weighted by molar-refractivity contribution is 9.10. The van der Waals surface area contributed by atoms with Gasteiger partial charge in [-0.1, -0.05) is 0 Å². The van der Waals surface area contributed by atoms with Gasteiger partial charge in [-0.15, -0.1) is 34.0 Å². The van der Waals surface area contributed by atoms with Gasteiger partial charge in [-0.25, -0.2) is 4.98 Å². The van der Waals surface area contributed by atoms with E-state index < -0.39 is 0 Å². The van der Waals surface area contributed by atoms with E-state index in [9.17, 15) is 4.79 Å². The Hall–Kier alpha value is -1.02. The van der Waals surface area contributed by atoms with E-state index in [0.29, 0.717) is 12.2 Å². The Bertz CT molecular complexity index is 835. The normalized spacial score (nSPS) is 14.1. The number of hydrogen-bond donors (Lipinski definition) is 0. The standard InChI is InChI=1S/C15H11BrN2OS3/c16-10-5-13(21-7-10)14-17-11(8-22-14)15(19)18-3-1-12-9(6-18)2-4-20-12/h2,4-5,7-8H,1,3,6H2.